The van der Waals surface area contributed by atoms with Crippen LogP contribution >= 0.6 is 0 Å². The van der Waals surface area contributed by atoms with Gasteiger partial charge in [-0.25, -0.2) is 4.98 Å². The van der Waals surface area contributed by atoms with E-state index < -0.39 is 18.7 Å². The molecule has 0 atom stereocenters. The number of nitrogens with zero attached hydrogens (tertiary/aromatic N) is 1. The maximum atomic E-state index is 12.0. The van der Waals surface area contributed by atoms with Crippen molar-refractivity contribution in [3.63, 3.8) is 0 Å². The highest BCUT2D eigenvalue weighted by Gasteiger charge is 2.42. The molecule has 0 saturated heterocycles. The molecule has 2 N–H and O–H groups in total. The van der Waals surface area contributed by atoms with E-state index in [4.69, 9.17) is 5.11 Å². The molecule has 1 saturated carbocycles. The molecule has 0 spiro atoms. The van der Waals surface area contributed by atoms with Gasteiger partial charge in [0, 0.05) is 18.0 Å². The molecule has 1 fully saturated rings. The van der Waals surface area contributed by atoms with Crippen molar-refractivity contribution in [2.24, 2.45) is 5.41 Å². The molecule has 0 aliphatic heterocycles. The summed E-state index contributed by atoms with van der Waals surface area (Å²) in [6, 6.07) is 4.03. The van der Waals surface area contributed by atoms with Gasteiger partial charge in [0.25, 0.3) is 5.91 Å². The Morgan fingerprint density at radius 2 is 2.14 bits per heavy atom. The molecule has 1 heterocycles. The van der Waals surface area contributed by atoms with Crippen molar-refractivity contribution in [2.45, 2.75) is 19.0 Å². The number of aromatic nitrogens is 1. The van der Waals surface area contributed by atoms with Crippen LogP contribution in [0.3, 0.4) is 0 Å². The lowest BCUT2D eigenvalue weighted by atomic mass is 10.1. The maximum absolute atomic E-state index is 12.0. The Kier molecular flexibility index (Phi) is 4.36. The van der Waals surface area contributed by atoms with Gasteiger partial charge in [0.2, 0.25) is 5.88 Å². The Labute approximate surface area is 119 Å². The van der Waals surface area contributed by atoms with Gasteiger partial charge in [-0.15, -0.1) is 0 Å². The summed E-state index contributed by atoms with van der Waals surface area (Å²) in [6.45, 7) is -1.15. The van der Waals surface area contributed by atoms with E-state index in [0.29, 0.717) is 6.54 Å². The van der Waals surface area contributed by atoms with Crippen molar-refractivity contribution < 1.29 is 27.8 Å². The van der Waals surface area contributed by atoms with Gasteiger partial charge in [-0.05, 0) is 18.9 Å². The Hall–Kier alpha value is -1.83. The van der Waals surface area contributed by atoms with Gasteiger partial charge in [-0.1, -0.05) is 6.07 Å². The molecule has 5 nitrogen and oxygen atoms in total. The van der Waals surface area contributed by atoms with E-state index in [-0.39, 0.29) is 23.6 Å². The monoisotopic (exact) mass is 304 g/mol. The highest BCUT2D eigenvalue weighted by atomic mass is 19.4. The first kappa shape index (κ1) is 15.6. The van der Waals surface area contributed by atoms with Crippen LogP contribution in [0.4, 0.5) is 13.2 Å². The fourth-order valence-corrected chi connectivity index (χ4v) is 1.70. The van der Waals surface area contributed by atoms with Crippen LogP contribution in [0.2, 0.25) is 0 Å². The molecule has 8 heteroatoms. The van der Waals surface area contributed by atoms with Crippen molar-refractivity contribution in [3.8, 4) is 5.88 Å². The predicted molar refractivity (Wildman–Crippen MR) is 66.9 cm³/mol. The third-order valence-electron chi connectivity index (χ3n) is 3.26. The Balaban J connectivity index is 1.92. The standard InChI is InChI=1S/C13H15F3N2O3/c14-13(15,16)8-21-10-3-1-2-9(18-10)11(20)17-6-12(7-19)4-5-12/h1-3,19H,4-8H2,(H,17,20). The second-order valence-electron chi connectivity index (χ2n) is 5.11. The van der Waals surface area contributed by atoms with Crippen molar-refractivity contribution in [1.29, 1.82) is 0 Å². The zero-order chi connectivity index (χ0) is 15.5. The van der Waals surface area contributed by atoms with E-state index in [9.17, 15) is 18.0 Å². The molecule has 1 aliphatic carbocycles. The number of carbonyl (C=O) groups is 1. The van der Waals surface area contributed by atoms with Crippen LogP contribution in [-0.4, -0.2) is 41.9 Å². The normalized spacial score (nSPS) is 16.4. The number of rotatable bonds is 6. The average molecular weight is 304 g/mol. The van der Waals surface area contributed by atoms with Crippen LogP contribution in [0.1, 0.15) is 23.3 Å². The van der Waals surface area contributed by atoms with Crippen molar-refractivity contribution in [2.75, 3.05) is 19.8 Å². The minimum absolute atomic E-state index is 0.00452. The number of amides is 1. The molecular formula is C13H15F3N2O3. The predicted octanol–water partition coefficient (Wildman–Crippen LogP) is 1.52. The van der Waals surface area contributed by atoms with Crippen LogP contribution in [0, 0.1) is 5.41 Å². The summed E-state index contributed by atoms with van der Waals surface area (Å²) in [7, 11) is 0. The van der Waals surface area contributed by atoms with E-state index in [0.717, 1.165) is 12.8 Å². The smallest absolute Gasteiger partial charge is 0.422 e. The number of carbonyl (C=O) groups excluding carboxylic acids is 1. The minimum atomic E-state index is -4.46. The SMILES string of the molecule is O=C(NCC1(CO)CC1)c1cccc(OCC(F)(F)F)n1. The van der Waals surface area contributed by atoms with E-state index in [2.05, 4.69) is 15.0 Å². The quantitative estimate of drug-likeness (QED) is 0.836. The molecule has 0 aromatic carbocycles. The number of aliphatic hydroxyl groups is 1. The summed E-state index contributed by atoms with van der Waals surface area (Å²) in [6.07, 6.45) is -2.78. The summed E-state index contributed by atoms with van der Waals surface area (Å²) < 4.78 is 40.6. The van der Waals surface area contributed by atoms with E-state index in [1.165, 1.54) is 18.2 Å². The van der Waals surface area contributed by atoms with Crippen molar-refractivity contribution in [3.05, 3.63) is 23.9 Å². The summed E-state index contributed by atoms with van der Waals surface area (Å²) in [5.41, 5.74) is -0.275. The second-order valence-corrected chi connectivity index (χ2v) is 5.11. The fraction of sp³-hybridized carbons (Fsp3) is 0.538. The number of pyridine rings is 1. The first-order valence-electron chi connectivity index (χ1n) is 6.39. The molecular weight excluding hydrogens is 289 g/mol. The molecule has 1 aliphatic rings. The Bertz CT molecular complexity index is 516. The van der Waals surface area contributed by atoms with Gasteiger partial charge >= 0.3 is 6.18 Å². The van der Waals surface area contributed by atoms with Gasteiger partial charge in [-0.2, -0.15) is 13.2 Å². The first-order chi connectivity index (χ1) is 9.84. The van der Waals surface area contributed by atoms with Crippen LogP contribution in [0.25, 0.3) is 0 Å². The Morgan fingerprint density at radius 1 is 1.43 bits per heavy atom. The molecule has 0 radical (unpaired) electrons. The highest BCUT2D eigenvalue weighted by Crippen LogP contribution is 2.44. The number of ether oxygens (including phenoxy) is 1. The van der Waals surface area contributed by atoms with Crippen LogP contribution in [0.5, 0.6) is 5.88 Å². The van der Waals surface area contributed by atoms with Gasteiger partial charge in [0.05, 0.1) is 6.61 Å². The molecule has 1 aromatic rings. The molecule has 1 amide bonds. The van der Waals surface area contributed by atoms with Crippen molar-refractivity contribution in [1.82, 2.24) is 10.3 Å². The van der Waals surface area contributed by atoms with Crippen LogP contribution < -0.4 is 10.1 Å². The number of nitrogens with one attached hydrogen (secondary N) is 1. The topological polar surface area (TPSA) is 71.5 Å². The highest BCUT2D eigenvalue weighted by molar-refractivity contribution is 5.92. The zero-order valence-corrected chi connectivity index (χ0v) is 11.1. The van der Waals surface area contributed by atoms with Crippen LogP contribution in [0.15, 0.2) is 18.2 Å². The minimum Gasteiger partial charge on any atom is -0.468 e. The summed E-state index contributed by atoms with van der Waals surface area (Å²) in [4.78, 5) is 15.6. The summed E-state index contributed by atoms with van der Waals surface area (Å²) >= 11 is 0. The lowest BCUT2D eigenvalue weighted by molar-refractivity contribution is -0.154. The van der Waals surface area contributed by atoms with Gasteiger partial charge < -0.3 is 15.2 Å². The Morgan fingerprint density at radius 3 is 2.71 bits per heavy atom. The maximum Gasteiger partial charge on any atom is 0.422 e. The number of aliphatic hydroxyl groups excluding tert-OH is 1. The number of alkyl halides is 3. The van der Waals surface area contributed by atoms with E-state index in [1.807, 2.05) is 0 Å². The lowest BCUT2D eigenvalue weighted by Crippen LogP contribution is -2.32. The fourth-order valence-electron chi connectivity index (χ4n) is 1.70. The molecule has 21 heavy (non-hydrogen) atoms. The van der Waals surface area contributed by atoms with Gasteiger partial charge in [0.15, 0.2) is 6.61 Å². The second kappa shape index (κ2) is 5.88. The van der Waals surface area contributed by atoms with Crippen molar-refractivity contribution >= 4 is 5.91 Å². The van der Waals surface area contributed by atoms with E-state index >= 15 is 0 Å². The van der Waals surface area contributed by atoms with Gasteiger partial charge in [-0.3, -0.25) is 4.79 Å². The summed E-state index contributed by atoms with van der Waals surface area (Å²) in [5.74, 6) is -0.768. The summed E-state index contributed by atoms with van der Waals surface area (Å²) in [5, 5.41) is 11.7. The van der Waals surface area contributed by atoms with Gasteiger partial charge in [0.1, 0.15) is 5.69 Å². The third kappa shape index (κ3) is 4.59. The zero-order valence-electron chi connectivity index (χ0n) is 11.1. The molecule has 0 unspecified atom stereocenters. The molecule has 0 bridgehead atoms. The molecule has 116 valence electrons. The largest absolute Gasteiger partial charge is 0.468 e. The van der Waals surface area contributed by atoms with Crippen LogP contribution in [-0.2, 0) is 0 Å². The molecule has 2 rings (SSSR count). The first-order valence-corrected chi connectivity index (χ1v) is 6.39. The number of halogens is 3. The third-order valence-corrected chi connectivity index (χ3v) is 3.26. The average Bonchev–Trinajstić information content (AvgIpc) is 3.23. The number of hydrogen-bond acceptors (Lipinski definition) is 4. The van der Waals surface area contributed by atoms with E-state index in [1.54, 1.807) is 0 Å². The number of hydrogen-bond donors (Lipinski definition) is 2. The molecule has 1 aromatic heterocycles. The lowest BCUT2D eigenvalue weighted by Gasteiger charge is -2.13.